The van der Waals surface area contributed by atoms with Crippen LogP contribution in [0.4, 0.5) is 0 Å². The molecule has 4 rings (SSSR count). The van der Waals surface area contributed by atoms with E-state index in [0.29, 0.717) is 40.1 Å². The zero-order valence-corrected chi connectivity index (χ0v) is 21.4. The molecule has 3 atom stereocenters. The molecule has 2 heterocycles. The Bertz CT molecular complexity index is 996. The molecule has 1 unspecified atom stereocenters. The van der Waals surface area contributed by atoms with Crippen LogP contribution in [0.5, 0.6) is 0 Å². The van der Waals surface area contributed by atoms with Gasteiger partial charge in [-0.15, -0.1) is 12.4 Å². The van der Waals surface area contributed by atoms with Gasteiger partial charge < -0.3 is 15.1 Å². The minimum absolute atomic E-state index is 0. The largest absolute Gasteiger partial charge is 0.342 e. The number of halogens is 4. The van der Waals surface area contributed by atoms with Gasteiger partial charge in [-0.25, -0.2) is 0 Å². The molecule has 0 radical (unpaired) electrons. The molecule has 0 aromatic heterocycles. The van der Waals surface area contributed by atoms with Gasteiger partial charge in [-0.05, 0) is 61.3 Å². The van der Waals surface area contributed by atoms with E-state index in [-0.39, 0.29) is 42.1 Å². The average Bonchev–Trinajstić information content (AvgIpc) is 3.34. The van der Waals surface area contributed by atoms with E-state index < -0.39 is 0 Å². The molecule has 0 spiro atoms. The summed E-state index contributed by atoms with van der Waals surface area (Å²) in [5, 5.41) is 4.82. The maximum Gasteiger partial charge on any atom is 0.253 e. The molecule has 9 heteroatoms. The maximum atomic E-state index is 13.2. The number of carbonyl (C=O) groups excluding carboxylic acids is 2. The Morgan fingerprint density at radius 1 is 1.03 bits per heavy atom. The molecule has 2 fully saturated rings. The fourth-order valence-corrected chi connectivity index (χ4v) is 5.18. The Morgan fingerprint density at radius 2 is 1.76 bits per heavy atom. The molecule has 2 amide bonds. The van der Waals surface area contributed by atoms with Gasteiger partial charge in [-0.2, -0.15) is 0 Å². The SMILES string of the molecule is CN(C(=O)c1ccc(Cl)cc1)[C@@H]1CCN(C(=O)C2CCNC2)C[C@H]1c1ccc(Cl)c(Cl)c1.Cl. The minimum atomic E-state index is -0.0822. The molecule has 2 aromatic carbocycles. The Labute approximate surface area is 215 Å². The fourth-order valence-electron chi connectivity index (χ4n) is 4.74. The third kappa shape index (κ3) is 5.77. The Hall–Kier alpha value is -1.50. The van der Waals surface area contributed by atoms with Gasteiger partial charge in [-0.1, -0.05) is 40.9 Å². The van der Waals surface area contributed by atoms with Crippen LogP contribution in [0.15, 0.2) is 42.5 Å². The highest BCUT2D eigenvalue weighted by molar-refractivity contribution is 6.42. The van der Waals surface area contributed by atoms with Crippen molar-refractivity contribution in [3.63, 3.8) is 0 Å². The normalized spacial score (nSPS) is 22.5. The second-order valence-electron chi connectivity index (χ2n) is 8.53. The monoisotopic (exact) mass is 529 g/mol. The molecule has 5 nitrogen and oxygen atoms in total. The van der Waals surface area contributed by atoms with E-state index in [0.717, 1.165) is 25.1 Å². The summed E-state index contributed by atoms with van der Waals surface area (Å²) in [7, 11) is 1.82. The van der Waals surface area contributed by atoms with E-state index in [9.17, 15) is 9.59 Å². The molecule has 0 aliphatic carbocycles. The van der Waals surface area contributed by atoms with Crippen LogP contribution in [0, 0.1) is 5.92 Å². The average molecular weight is 531 g/mol. The van der Waals surface area contributed by atoms with Crippen molar-refractivity contribution in [2.75, 3.05) is 33.2 Å². The first kappa shape index (κ1) is 26.1. The molecule has 2 aliphatic rings. The lowest BCUT2D eigenvalue weighted by Gasteiger charge is -2.43. The number of amides is 2. The van der Waals surface area contributed by atoms with Crippen LogP contribution in [0.1, 0.15) is 34.7 Å². The predicted octanol–water partition coefficient (Wildman–Crippen LogP) is 5.13. The lowest BCUT2D eigenvalue weighted by atomic mass is 9.84. The zero-order valence-electron chi connectivity index (χ0n) is 18.3. The highest BCUT2D eigenvalue weighted by Crippen LogP contribution is 2.35. The van der Waals surface area contributed by atoms with Gasteiger partial charge in [0.25, 0.3) is 5.91 Å². The number of likely N-dealkylation sites (tertiary alicyclic amines) is 1. The number of likely N-dealkylation sites (N-methyl/N-ethyl adjacent to an activating group) is 1. The van der Waals surface area contributed by atoms with Crippen LogP contribution in [0.3, 0.4) is 0 Å². The zero-order chi connectivity index (χ0) is 22.8. The van der Waals surface area contributed by atoms with Gasteiger partial charge in [0.1, 0.15) is 0 Å². The highest BCUT2D eigenvalue weighted by Gasteiger charge is 2.38. The van der Waals surface area contributed by atoms with Gasteiger partial charge in [0, 0.05) is 49.2 Å². The number of nitrogens with zero attached hydrogens (tertiary/aromatic N) is 2. The van der Waals surface area contributed by atoms with Crippen molar-refractivity contribution >= 4 is 59.0 Å². The molecule has 1 N–H and O–H groups in total. The van der Waals surface area contributed by atoms with Crippen LogP contribution in [-0.4, -0.2) is 60.9 Å². The van der Waals surface area contributed by atoms with Crippen LogP contribution in [-0.2, 0) is 4.79 Å². The van der Waals surface area contributed by atoms with Gasteiger partial charge in [0.05, 0.1) is 16.0 Å². The van der Waals surface area contributed by atoms with Crippen molar-refractivity contribution in [1.29, 1.82) is 0 Å². The summed E-state index contributed by atoms with van der Waals surface area (Å²) in [6.45, 7) is 2.76. The van der Waals surface area contributed by atoms with Crippen molar-refractivity contribution in [3.05, 3.63) is 68.7 Å². The maximum absolute atomic E-state index is 13.2. The second-order valence-corrected chi connectivity index (χ2v) is 9.78. The standard InChI is InChI=1S/C24H26Cl3N3O2.ClH/c1-29(23(31)15-2-5-18(25)6-3-15)22-9-11-30(24(32)17-8-10-28-13-17)14-19(22)16-4-7-20(26)21(27)12-16;/h2-7,12,17,19,22,28H,8-11,13-14H2,1H3;1H/t17?,19-,22+;/m0./s1. The van der Waals surface area contributed by atoms with Crippen molar-refractivity contribution in [1.82, 2.24) is 15.1 Å². The topological polar surface area (TPSA) is 52.7 Å². The Kier molecular flexibility index (Phi) is 8.93. The number of benzene rings is 2. The number of hydrogen-bond donors (Lipinski definition) is 1. The van der Waals surface area contributed by atoms with Gasteiger partial charge in [0.2, 0.25) is 5.91 Å². The van der Waals surface area contributed by atoms with Gasteiger partial charge >= 0.3 is 0 Å². The van der Waals surface area contributed by atoms with E-state index in [2.05, 4.69) is 5.32 Å². The number of hydrogen-bond acceptors (Lipinski definition) is 3. The van der Waals surface area contributed by atoms with E-state index in [1.54, 1.807) is 35.2 Å². The second kappa shape index (κ2) is 11.3. The number of piperidine rings is 1. The Balaban J connectivity index is 0.00000306. The lowest BCUT2D eigenvalue weighted by Crippen LogP contribution is -2.53. The quantitative estimate of drug-likeness (QED) is 0.595. The minimum Gasteiger partial charge on any atom is -0.342 e. The smallest absolute Gasteiger partial charge is 0.253 e. The molecule has 0 saturated carbocycles. The summed E-state index contributed by atoms with van der Waals surface area (Å²) >= 11 is 18.5. The summed E-state index contributed by atoms with van der Waals surface area (Å²) in [6, 6.07) is 12.4. The first-order chi connectivity index (χ1) is 15.3. The van der Waals surface area contributed by atoms with Gasteiger partial charge in [-0.3, -0.25) is 9.59 Å². The van der Waals surface area contributed by atoms with E-state index in [1.807, 2.05) is 24.1 Å². The summed E-state index contributed by atoms with van der Waals surface area (Å²) in [6.07, 6.45) is 1.55. The summed E-state index contributed by atoms with van der Waals surface area (Å²) < 4.78 is 0. The molecule has 178 valence electrons. The van der Waals surface area contributed by atoms with Crippen LogP contribution in [0.25, 0.3) is 0 Å². The first-order valence-corrected chi connectivity index (χ1v) is 12.0. The Morgan fingerprint density at radius 3 is 2.39 bits per heavy atom. The molecular weight excluding hydrogens is 504 g/mol. The highest BCUT2D eigenvalue weighted by atomic mass is 35.5. The first-order valence-electron chi connectivity index (χ1n) is 10.8. The van der Waals surface area contributed by atoms with E-state index in [4.69, 9.17) is 34.8 Å². The third-order valence-corrected chi connectivity index (χ3v) is 7.57. The van der Waals surface area contributed by atoms with Gasteiger partial charge in [0.15, 0.2) is 0 Å². The summed E-state index contributed by atoms with van der Waals surface area (Å²) in [4.78, 5) is 30.1. The van der Waals surface area contributed by atoms with E-state index >= 15 is 0 Å². The number of nitrogens with one attached hydrogen (secondary N) is 1. The molecule has 2 aliphatic heterocycles. The molecule has 33 heavy (non-hydrogen) atoms. The lowest BCUT2D eigenvalue weighted by molar-refractivity contribution is -0.136. The van der Waals surface area contributed by atoms with Crippen molar-refractivity contribution in [2.45, 2.75) is 24.8 Å². The molecular formula is C24H27Cl4N3O2. The fraction of sp³-hybridized carbons (Fsp3) is 0.417. The number of rotatable bonds is 4. The molecule has 0 bridgehead atoms. The molecule has 2 aromatic rings. The predicted molar refractivity (Wildman–Crippen MR) is 136 cm³/mol. The summed E-state index contributed by atoms with van der Waals surface area (Å²) in [5.41, 5.74) is 1.56. The third-order valence-electron chi connectivity index (χ3n) is 6.58. The van der Waals surface area contributed by atoms with Crippen molar-refractivity contribution in [3.8, 4) is 0 Å². The van der Waals surface area contributed by atoms with Crippen LogP contribution >= 0.6 is 47.2 Å². The van der Waals surface area contributed by atoms with Crippen molar-refractivity contribution < 1.29 is 9.59 Å². The van der Waals surface area contributed by atoms with Crippen molar-refractivity contribution in [2.24, 2.45) is 5.92 Å². The number of carbonyl (C=O) groups is 2. The van der Waals surface area contributed by atoms with Crippen LogP contribution < -0.4 is 5.32 Å². The molecule has 2 saturated heterocycles. The van der Waals surface area contributed by atoms with E-state index in [1.165, 1.54) is 0 Å². The van der Waals surface area contributed by atoms with Crippen LogP contribution in [0.2, 0.25) is 15.1 Å². The summed E-state index contributed by atoms with van der Waals surface area (Å²) in [5.74, 6) is 0.0641.